The van der Waals surface area contributed by atoms with Gasteiger partial charge >= 0.3 is 0 Å². The molecule has 0 aliphatic carbocycles. The highest BCUT2D eigenvalue weighted by Crippen LogP contribution is 2.13. The molecular formula is C15H17N3O2. The Hall–Kier alpha value is -2.56. The summed E-state index contributed by atoms with van der Waals surface area (Å²) in [5.74, 6) is 1.13. The van der Waals surface area contributed by atoms with Crippen LogP contribution in [0.2, 0.25) is 0 Å². The van der Waals surface area contributed by atoms with Crippen molar-refractivity contribution < 1.29 is 9.53 Å². The Morgan fingerprint density at radius 1 is 1.40 bits per heavy atom. The zero-order valence-electron chi connectivity index (χ0n) is 11.5. The van der Waals surface area contributed by atoms with Crippen LogP contribution in [-0.4, -0.2) is 22.1 Å². The first-order valence-electron chi connectivity index (χ1n) is 6.38. The van der Waals surface area contributed by atoms with Gasteiger partial charge in [0.15, 0.2) is 0 Å². The van der Waals surface area contributed by atoms with Gasteiger partial charge in [0.1, 0.15) is 5.75 Å². The Balaban J connectivity index is 1.95. The number of hydrogen-bond donors (Lipinski definition) is 1. The average Bonchev–Trinajstić information content (AvgIpc) is 2.84. The van der Waals surface area contributed by atoms with E-state index in [0.717, 1.165) is 11.3 Å². The molecule has 0 aliphatic rings. The molecule has 1 heterocycles. The summed E-state index contributed by atoms with van der Waals surface area (Å²) in [5.41, 5.74) is 0.934. The van der Waals surface area contributed by atoms with E-state index in [2.05, 4.69) is 10.3 Å². The predicted octanol–water partition coefficient (Wildman–Crippen LogP) is 2.47. The number of amides is 1. The summed E-state index contributed by atoms with van der Waals surface area (Å²) in [6.07, 6.45) is 6.62. The first kappa shape index (κ1) is 13.9. The molecule has 0 fully saturated rings. The van der Waals surface area contributed by atoms with Crippen LogP contribution >= 0.6 is 0 Å². The van der Waals surface area contributed by atoms with Gasteiger partial charge in [-0.3, -0.25) is 10.1 Å². The van der Waals surface area contributed by atoms with Gasteiger partial charge in [-0.25, -0.2) is 4.98 Å². The number of carbonyl (C=O) groups excluding carboxylic acids is 1. The maximum atomic E-state index is 11.7. The van der Waals surface area contributed by atoms with E-state index in [0.29, 0.717) is 12.6 Å². The molecule has 1 aromatic heterocycles. The third-order valence-corrected chi connectivity index (χ3v) is 2.67. The van der Waals surface area contributed by atoms with E-state index < -0.39 is 0 Å². The number of hydrogen-bond acceptors (Lipinski definition) is 3. The predicted molar refractivity (Wildman–Crippen MR) is 78.5 cm³/mol. The zero-order valence-corrected chi connectivity index (χ0v) is 11.5. The highest BCUT2D eigenvalue weighted by atomic mass is 16.5. The average molecular weight is 271 g/mol. The smallest absolute Gasteiger partial charge is 0.250 e. The minimum Gasteiger partial charge on any atom is -0.494 e. The molecule has 1 amide bonds. The maximum Gasteiger partial charge on any atom is 0.250 e. The highest BCUT2D eigenvalue weighted by Gasteiger charge is 2.01. The van der Waals surface area contributed by atoms with Gasteiger partial charge < -0.3 is 9.30 Å². The normalized spacial score (nSPS) is 10.7. The van der Waals surface area contributed by atoms with Gasteiger partial charge in [0.05, 0.1) is 6.61 Å². The lowest BCUT2D eigenvalue weighted by Crippen LogP contribution is -2.11. The van der Waals surface area contributed by atoms with Crippen LogP contribution in [0.25, 0.3) is 6.08 Å². The van der Waals surface area contributed by atoms with Gasteiger partial charge in [-0.15, -0.1) is 0 Å². The minimum atomic E-state index is -0.215. The van der Waals surface area contributed by atoms with Crippen LogP contribution in [0.4, 0.5) is 5.95 Å². The second-order valence-corrected chi connectivity index (χ2v) is 4.19. The Morgan fingerprint density at radius 2 is 2.15 bits per heavy atom. The summed E-state index contributed by atoms with van der Waals surface area (Å²) in [4.78, 5) is 15.8. The number of ether oxygens (including phenoxy) is 1. The fraction of sp³-hybridized carbons (Fsp3) is 0.200. The summed E-state index contributed by atoms with van der Waals surface area (Å²) >= 11 is 0. The summed E-state index contributed by atoms with van der Waals surface area (Å²) in [6.45, 7) is 2.58. The molecule has 0 bridgehead atoms. The van der Waals surface area contributed by atoms with E-state index in [1.165, 1.54) is 6.08 Å². The first-order valence-corrected chi connectivity index (χ1v) is 6.38. The molecular weight excluding hydrogens is 254 g/mol. The van der Waals surface area contributed by atoms with Gasteiger partial charge in [0, 0.05) is 25.5 Å². The third kappa shape index (κ3) is 3.71. The van der Waals surface area contributed by atoms with Crippen LogP contribution in [0.3, 0.4) is 0 Å². The molecule has 5 heteroatoms. The van der Waals surface area contributed by atoms with Crippen molar-refractivity contribution in [1.82, 2.24) is 9.55 Å². The van der Waals surface area contributed by atoms with Crippen molar-refractivity contribution in [2.45, 2.75) is 6.92 Å². The number of carbonyl (C=O) groups is 1. The topological polar surface area (TPSA) is 56.1 Å². The number of nitrogens with zero attached hydrogens (tertiary/aromatic N) is 2. The van der Waals surface area contributed by atoms with Crippen molar-refractivity contribution in [2.75, 3.05) is 11.9 Å². The van der Waals surface area contributed by atoms with Crippen molar-refractivity contribution in [2.24, 2.45) is 7.05 Å². The van der Waals surface area contributed by atoms with E-state index in [9.17, 15) is 4.79 Å². The molecule has 0 saturated heterocycles. The van der Waals surface area contributed by atoms with E-state index in [1.807, 2.05) is 38.2 Å². The lowest BCUT2D eigenvalue weighted by molar-refractivity contribution is -0.111. The summed E-state index contributed by atoms with van der Waals surface area (Å²) in [6, 6.07) is 7.55. The standard InChI is InChI=1S/C15H17N3O2/c1-3-20-13-7-4-12(5-8-13)6-9-14(19)17-15-16-10-11-18(15)2/h4-11H,3H2,1-2H3,(H,16,17,19)/b9-6+. The van der Waals surface area contributed by atoms with Gasteiger partial charge in [0.25, 0.3) is 5.91 Å². The number of aromatic nitrogens is 2. The summed E-state index contributed by atoms with van der Waals surface area (Å²) < 4.78 is 7.09. The van der Waals surface area contributed by atoms with E-state index in [-0.39, 0.29) is 5.91 Å². The number of anilines is 1. The molecule has 104 valence electrons. The van der Waals surface area contributed by atoms with E-state index in [4.69, 9.17) is 4.74 Å². The minimum absolute atomic E-state index is 0.215. The molecule has 0 spiro atoms. The van der Waals surface area contributed by atoms with E-state index >= 15 is 0 Å². The molecule has 1 N–H and O–H groups in total. The lowest BCUT2D eigenvalue weighted by atomic mass is 10.2. The van der Waals surface area contributed by atoms with Gasteiger partial charge in [-0.1, -0.05) is 12.1 Å². The van der Waals surface area contributed by atoms with Crippen molar-refractivity contribution in [3.05, 3.63) is 48.3 Å². The van der Waals surface area contributed by atoms with Crippen molar-refractivity contribution >= 4 is 17.9 Å². The number of aryl methyl sites for hydroxylation is 1. The number of benzene rings is 1. The van der Waals surface area contributed by atoms with Crippen LogP contribution in [-0.2, 0) is 11.8 Å². The largest absolute Gasteiger partial charge is 0.494 e. The number of imidazole rings is 1. The summed E-state index contributed by atoms with van der Waals surface area (Å²) in [7, 11) is 1.82. The molecule has 20 heavy (non-hydrogen) atoms. The Bertz CT molecular complexity index is 600. The van der Waals surface area contributed by atoms with Crippen molar-refractivity contribution in [1.29, 1.82) is 0 Å². The molecule has 0 atom stereocenters. The SMILES string of the molecule is CCOc1ccc(/C=C/C(=O)Nc2nccn2C)cc1. The third-order valence-electron chi connectivity index (χ3n) is 2.67. The molecule has 2 rings (SSSR count). The molecule has 0 aliphatic heterocycles. The Morgan fingerprint density at radius 3 is 2.75 bits per heavy atom. The van der Waals surface area contributed by atoms with E-state index in [1.54, 1.807) is 23.0 Å². The van der Waals surface area contributed by atoms with Crippen LogP contribution in [0.15, 0.2) is 42.7 Å². The zero-order chi connectivity index (χ0) is 14.4. The molecule has 0 radical (unpaired) electrons. The van der Waals surface area contributed by atoms with Gasteiger partial charge in [-0.05, 0) is 30.7 Å². The number of nitrogens with one attached hydrogen (secondary N) is 1. The number of rotatable bonds is 5. The first-order chi connectivity index (χ1) is 9.69. The molecule has 1 aromatic carbocycles. The lowest BCUT2D eigenvalue weighted by Gasteiger charge is -2.03. The maximum absolute atomic E-state index is 11.7. The quantitative estimate of drug-likeness (QED) is 0.850. The molecule has 5 nitrogen and oxygen atoms in total. The van der Waals surface area contributed by atoms with Crippen LogP contribution in [0.1, 0.15) is 12.5 Å². The molecule has 0 unspecified atom stereocenters. The van der Waals surface area contributed by atoms with Crippen molar-refractivity contribution in [3.63, 3.8) is 0 Å². The molecule has 0 saturated carbocycles. The van der Waals surface area contributed by atoms with Crippen LogP contribution < -0.4 is 10.1 Å². The van der Waals surface area contributed by atoms with Crippen molar-refractivity contribution in [3.8, 4) is 5.75 Å². The van der Waals surface area contributed by atoms with Crippen LogP contribution in [0.5, 0.6) is 5.75 Å². The fourth-order valence-corrected chi connectivity index (χ4v) is 1.65. The Labute approximate surface area is 117 Å². The summed E-state index contributed by atoms with van der Waals surface area (Å²) in [5, 5.41) is 2.69. The Kier molecular flexibility index (Phi) is 4.55. The fourth-order valence-electron chi connectivity index (χ4n) is 1.65. The monoisotopic (exact) mass is 271 g/mol. The van der Waals surface area contributed by atoms with Gasteiger partial charge in [-0.2, -0.15) is 0 Å². The van der Waals surface area contributed by atoms with Gasteiger partial charge in [0.2, 0.25) is 5.95 Å². The second-order valence-electron chi connectivity index (χ2n) is 4.19. The highest BCUT2D eigenvalue weighted by molar-refractivity contribution is 6.00. The molecule has 2 aromatic rings. The van der Waals surface area contributed by atoms with Crippen LogP contribution in [0, 0.1) is 0 Å². The second kappa shape index (κ2) is 6.56.